The minimum absolute atomic E-state index is 0.0497. The number of aromatic nitrogens is 3. The highest BCUT2D eigenvalue weighted by atomic mass is 16.2. The van der Waals surface area contributed by atoms with Crippen LogP contribution in [0.4, 0.5) is 17.2 Å². The molecule has 0 aliphatic carbocycles. The number of amides is 1. The fourth-order valence-electron chi connectivity index (χ4n) is 2.93. The molecule has 0 saturated carbocycles. The summed E-state index contributed by atoms with van der Waals surface area (Å²) in [6.45, 7) is 1.92. The lowest BCUT2D eigenvalue weighted by atomic mass is 10.2. The minimum Gasteiger partial charge on any atom is -0.375 e. The summed E-state index contributed by atoms with van der Waals surface area (Å²) in [7, 11) is 6.59. The molecule has 0 bridgehead atoms. The third kappa shape index (κ3) is 3.98. The zero-order valence-electron chi connectivity index (χ0n) is 17.1. The SMILES string of the molecule is Cc1ccc(NC(=O)CNc2cc(N(C)C)nc3c2c(=O)n(C)c(=O)n3C)cc1. The summed E-state index contributed by atoms with van der Waals surface area (Å²) in [4.78, 5) is 43.6. The van der Waals surface area contributed by atoms with E-state index in [-0.39, 0.29) is 23.5 Å². The van der Waals surface area contributed by atoms with E-state index in [4.69, 9.17) is 0 Å². The highest BCUT2D eigenvalue weighted by Crippen LogP contribution is 2.23. The summed E-state index contributed by atoms with van der Waals surface area (Å²) in [5.41, 5.74) is 1.55. The highest BCUT2D eigenvalue weighted by molar-refractivity contribution is 5.96. The van der Waals surface area contributed by atoms with Gasteiger partial charge in [0, 0.05) is 39.9 Å². The number of nitrogens with one attached hydrogen (secondary N) is 2. The Morgan fingerprint density at radius 1 is 1.10 bits per heavy atom. The van der Waals surface area contributed by atoms with Crippen LogP contribution >= 0.6 is 0 Å². The molecule has 0 spiro atoms. The van der Waals surface area contributed by atoms with Gasteiger partial charge < -0.3 is 15.5 Å². The number of anilines is 3. The van der Waals surface area contributed by atoms with Gasteiger partial charge in [-0.15, -0.1) is 0 Å². The maximum atomic E-state index is 12.7. The average molecular weight is 396 g/mol. The number of hydrogen-bond acceptors (Lipinski definition) is 6. The number of hydrogen-bond donors (Lipinski definition) is 2. The maximum Gasteiger partial charge on any atom is 0.332 e. The molecule has 0 aliphatic rings. The number of carbonyl (C=O) groups is 1. The molecule has 0 fully saturated rings. The molecule has 0 saturated heterocycles. The maximum absolute atomic E-state index is 12.7. The van der Waals surface area contributed by atoms with Crippen molar-refractivity contribution >= 4 is 34.1 Å². The van der Waals surface area contributed by atoms with E-state index >= 15 is 0 Å². The summed E-state index contributed by atoms with van der Waals surface area (Å²) < 4.78 is 2.35. The Morgan fingerprint density at radius 3 is 2.38 bits per heavy atom. The fraction of sp³-hybridized carbons (Fsp3) is 0.300. The molecule has 0 radical (unpaired) electrons. The van der Waals surface area contributed by atoms with Crippen molar-refractivity contribution in [1.29, 1.82) is 0 Å². The van der Waals surface area contributed by atoms with Crippen molar-refractivity contribution in [3.05, 3.63) is 56.7 Å². The van der Waals surface area contributed by atoms with Crippen LogP contribution in [0.25, 0.3) is 11.0 Å². The largest absolute Gasteiger partial charge is 0.375 e. The molecule has 3 aromatic rings. The van der Waals surface area contributed by atoms with Crippen molar-refractivity contribution < 1.29 is 4.79 Å². The smallest absolute Gasteiger partial charge is 0.332 e. The Morgan fingerprint density at radius 2 is 1.76 bits per heavy atom. The van der Waals surface area contributed by atoms with Gasteiger partial charge in [0.05, 0.1) is 12.2 Å². The molecular weight excluding hydrogens is 372 g/mol. The van der Waals surface area contributed by atoms with Crippen molar-refractivity contribution in [2.75, 3.05) is 36.2 Å². The average Bonchev–Trinajstić information content (AvgIpc) is 2.70. The first kappa shape index (κ1) is 20.1. The van der Waals surface area contributed by atoms with E-state index in [0.717, 1.165) is 10.1 Å². The van der Waals surface area contributed by atoms with Crippen LogP contribution in [0, 0.1) is 6.92 Å². The molecule has 2 aromatic heterocycles. The van der Waals surface area contributed by atoms with Crippen molar-refractivity contribution in [2.45, 2.75) is 6.92 Å². The van der Waals surface area contributed by atoms with Crippen molar-refractivity contribution in [1.82, 2.24) is 14.1 Å². The Hall–Kier alpha value is -3.62. The lowest BCUT2D eigenvalue weighted by Gasteiger charge is -2.17. The van der Waals surface area contributed by atoms with Crippen molar-refractivity contribution in [3.8, 4) is 0 Å². The first-order valence-electron chi connectivity index (χ1n) is 9.07. The third-order valence-corrected chi connectivity index (χ3v) is 4.63. The molecule has 0 aliphatic heterocycles. The Labute approximate surface area is 167 Å². The molecule has 29 heavy (non-hydrogen) atoms. The lowest BCUT2D eigenvalue weighted by Crippen LogP contribution is -2.38. The van der Waals surface area contributed by atoms with Crippen LogP contribution in [0.1, 0.15) is 5.56 Å². The van der Waals surface area contributed by atoms with E-state index in [0.29, 0.717) is 17.2 Å². The Balaban J connectivity index is 1.97. The van der Waals surface area contributed by atoms with Crippen LogP contribution in [-0.4, -0.2) is 40.7 Å². The topological polar surface area (TPSA) is 101 Å². The molecule has 1 amide bonds. The quantitative estimate of drug-likeness (QED) is 0.669. The molecule has 2 N–H and O–H groups in total. The van der Waals surface area contributed by atoms with E-state index < -0.39 is 11.2 Å². The van der Waals surface area contributed by atoms with Gasteiger partial charge in [-0.1, -0.05) is 17.7 Å². The Kier molecular flexibility index (Phi) is 5.40. The Bertz CT molecular complexity index is 1190. The molecule has 9 heteroatoms. The van der Waals surface area contributed by atoms with E-state index in [1.165, 1.54) is 11.6 Å². The predicted molar refractivity (Wildman–Crippen MR) is 115 cm³/mol. The van der Waals surface area contributed by atoms with E-state index in [2.05, 4.69) is 15.6 Å². The second kappa shape index (κ2) is 7.78. The van der Waals surface area contributed by atoms with Gasteiger partial charge in [0.25, 0.3) is 5.56 Å². The van der Waals surface area contributed by atoms with Gasteiger partial charge in [-0.3, -0.25) is 18.7 Å². The van der Waals surface area contributed by atoms with Crippen LogP contribution in [0.15, 0.2) is 39.9 Å². The monoisotopic (exact) mass is 396 g/mol. The van der Waals surface area contributed by atoms with Gasteiger partial charge in [0.1, 0.15) is 11.2 Å². The van der Waals surface area contributed by atoms with Crippen LogP contribution in [0.3, 0.4) is 0 Å². The van der Waals surface area contributed by atoms with Crippen molar-refractivity contribution in [2.24, 2.45) is 14.1 Å². The minimum atomic E-state index is -0.470. The van der Waals surface area contributed by atoms with Gasteiger partial charge in [0.15, 0.2) is 5.65 Å². The van der Waals surface area contributed by atoms with Gasteiger partial charge in [-0.2, -0.15) is 0 Å². The van der Waals surface area contributed by atoms with Crippen LogP contribution < -0.4 is 26.8 Å². The van der Waals surface area contributed by atoms with E-state index in [1.807, 2.05) is 31.2 Å². The molecule has 2 heterocycles. The van der Waals surface area contributed by atoms with Gasteiger partial charge in [-0.25, -0.2) is 9.78 Å². The zero-order valence-corrected chi connectivity index (χ0v) is 17.1. The summed E-state index contributed by atoms with van der Waals surface area (Å²) >= 11 is 0. The summed E-state index contributed by atoms with van der Waals surface area (Å²) in [5, 5.41) is 6.08. The van der Waals surface area contributed by atoms with Crippen LogP contribution in [0.5, 0.6) is 0 Å². The van der Waals surface area contributed by atoms with Crippen molar-refractivity contribution in [3.63, 3.8) is 0 Å². The van der Waals surface area contributed by atoms with Crippen LogP contribution in [0.2, 0.25) is 0 Å². The standard InChI is InChI=1S/C20H24N6O3/c1-12-6-8-13(9-7-12)22-16(27)11-21-14-10-15(24(2)3)23-18-17(14)19(28)26(5)20(29)25(18)4/h6-10H,11H2,1-5H3,(H,21,23)(H,22,27). The third-order valence-electron chi connectivity index (χ3n) is 4.63. The summed E-state index contributed by atoms with van der Waals surface area (Å²) in [5.74, 6) is 0.300. The highest BCUT2D eigenvalue weighted by Gasteiger charge is 2.17. The number of benzene rings is 1. The first-order chi connectivity index (χ1) is 13.7. The van der Waals surface area contributed by atoms with E-state index in [1.54, 1.807) is 32.1 Å². The predicted octanol–water partition coefficient (Wildman–Crippen LogP) is 1.06. The molecule has 3 rings (SSSR count). The fourth-order valence-corrected chi connectivity index (χ4v) is 2.93. The van der Waals surface area contributed by atoms with Crippen LogP contribution in [-0.2, 0) is 18.9 Å². The second-order valence-electron chi connectivity index (χ2n) is 7.09. The van der Waals surface area contributed by atoms with Gasteiger partial charge >= 0.3 is 5.69 Å². The molecule has 0 unspecified atom stereocenters. The molecule has 0 atom stereocenters. The number of fused-ring (bicyclic) bond motifs is 1. The summed E-state index contributed by atoms with van der Waals surface area (Å²) in [6.07, 6.45) is 0. The molecule has 9 nitrogen and oxygen atoms in total. The normalized spacial score (nSPS) is 10.8. The van der Waals surface area contributed by atoms with Gasteiger partial charge in [-0.05, 0) is 19.1 Å². The molecule has 152 valence electrons. The number of carbonyl (C=O) groups excluding carboxylic acids is 1. The van der Waals surface area contributed by atoms with Gasteiger partial charge in [0.2, 0.25) is 5.91 Å². The lowest BCUT2D eigenvalue weighted by molar-refractivity contribution is -0.114. The van der Waals surface area contributed by atoms with E-state index in [9.17, 15) is 14.4 Å². The summed E-state index contributed by atoms with van der Waals surface area (Å²) in [6, 6.07) is 9.16. The number of pyridine rings is 1. The molecular formula is C20H24N6O3. The first-order valence-corrected chi connectivity index (χ1v) is 9.07. The number of rotatable bonds is 5. The second-order valence-corrected chi connectivity index (χ2v) is 7.09. The molecule has 1 aromatic carbocycles. The number of nitrogens with zero attached hydrogens (tertiary/aromatic N) is 4. The number of aryl methyl sites for hydroxylation is 2. The zero-order chi connectivity index (χ0) is 21.3.